The molecular formula is C25H29N9O. The molecule has 180 valence electrons. The van der Waals surface area contributed by atoms with Gasteiger partial charge in [-0.15, -0.1) is 0 Å². The molecule has 6 rings (SSSR count). The molecule has 1 saturated carbocycles. The number of hydrogen-bond acceptors (Lipinski definition) is 8. The SMILES string of the molecule is Nc1ncc(-c2ccc(C3(n4cnc(-c5cnn(CCN6CCOCC6)c5)c4)CCC3)cn2)cn1. The zero-order valence-electron chi connectivity index (χ0n) is 19.6. The van der Waals surface area contributed by atoms with Crippen molar-refractivity contribution in [1.82, 2.24) is 39.2 Å². The van der Waals surface area contributed by atoms with Crippen LogP contribution in [-0.4, -0.2) is 72.0 Å². The van der Waals surface area contributed by atoms with E-state index in [0.29, 0.717) is 0 Å². The van der Waals surface area contributed by atoms with Crippen LogP contribution in [0.4, 0.5) is 5.95 Å². The molecule has 0 amide bonds. The molecule has 1 saturated heterocycles. The number of aromatic nitrogens is 7. The highest BCUT2D eigenvalue weighted by atomic mass is 16.5. The Labute approximate surface area is 203 Å². The van der Waals surface area contributed by atoms with Gasteiger partial charge in [0.15, 0.2) is 0 Å². The Hall–Kier alpha value is -3.63. The summed E-state index contributed by atoms with van der Waals surface area (Å²) in [5, 5.41) is 4.57. The highest BCUT2D eigenvalue weighted by Crippen LogP contribution is 2.45. The topological polar surface area (TPSA) is 113 Å². The van der Waals surface area contributed by atoms with E-state index in [2.05, 4.69) is 43.0 Å². The van der Waals surface area contributed by atoms with E-state index in [9.17, 15) is 0 Å². The summed E-state index contributed by atoms with van der Waals surface area (Å²) in [4.78, 5) is 20.0. The first kappa shape index (κ1) is 21.9. The van der Waals surface area contributed by atoms with Gasteiger partial charge in [-0.05, 0) is 30.9 Å². The molecule has 2 fully saturated rings. The van der Waals surface area contributed by atoms with Crippen LogP contribution in [0.5, 0.6) is 0 Å². The fraction of sp³-hybridized carbons (Fsp3) is 0.400. The van der Waals surface area contributed by atoms with Gasteiger partial charge in [-0.2, -0.15) is 5.10 Å². The molecule has 0 aromatic carbocycles. The number of hydrogen-bond donors (Lipinski definition) is 1. The lowest BCUT2D eigenvalue weighted by Crippen LogP contribution is -2.41. The minimum atomic E-state index is -0.110. The van der Waals surface area contributed by atoms with E-state index in [-0.39, 0.29) is 11.5 Å². The first-order valence-corrected chi connectivity index (χ1v) is 12.1. The van der Waals surface area contributed by atoms with Gasteiger partial charge >= 0.3 is 0 Å². The number of rotatable bonds is 7. The predicted molar refractivity (Wildman–Crippen MR) is 131 cm³/mol. The summed E-state index contributed by atoms with van der Waals surface area (Å²) in [5.74, 6) is 0.261. The molecule has 2 aliphatic rings. The average molecular weight is 472 g/mol. The maximum absolute atomic E-state index is 5.60. The summed E-state index contributed by atoms with van der Waals surface area (Å²) in [6.45, 7) is 5.46. The first-order valence-electron chi connectivity index (χ1n) is 12.1. The molecule has 0 atom stereocenters. The van der Waals surface area contributed by atoms with Crippen LogP contribution in [0.2, 0.25) is 0 Å². The highest BCUT2D eigenvalue weighted by Gasteiger charge is 2.41. The molecule has 10 heteroatoms. The number of ether oxygens (including phenoxy) is 1. The molecule has 0 radical (unpaired) electrons. The Morgan fingerprint density at radius 1 is 0.857 bits per heavy atom. The van der Waals surface area contributed by atoms with Gasteiger partial charge in [-0.1, -0.05) is 6.07 Å². The van der Waals surface area contributed by atoms with E-state index < -0.39 is 0 Å². The Morgan fingerprint density at radius 3 is 2.40 bits per heavy atom. The van der Waals surface area contributed by atoms with Crippen molar-refractivity contribution in [3.63, 3.8) is 0 Å². The maximum Gasteiger partial charge on any atom is 0.219 e. The summed E-state index contributed by atoms with van der Waals surface area (Å²) >= 11 is 0. The van der Waals surface area contributed by atoms with Crippen molar-refractivity contribution in [3.05, 3.63) is 61.2 Å². The largest absolute Gasteiger partial charge is 0.379 e. The van der Waals surface area contributed by atoms with E-state index in [1.165, 1.54) is 12.0 Å². The van der Waals surface area contributed by atoms with Gasteiger partial charge < -0.3 is 15.0 Å². The van der Waals surface area contributed by atoms with E-state index in [1.807, 2.05) is 29.5 Å². The van der Waals surface area contributed by atoms with Gasteiger partial charge in [0, 0.05) is 61.7 Å². The standard InChI is InChI=1S/C25H29N9O/c26-24-28-12-19(13-29-24)22-3-2-21(15-27-22)25(4-1-5-25)33-17-23(30-18-33)20-14-31-34(16-20)7-6-32-8-10-35-11-9-32/h2-3,12-18H,1,4-11H2,(H2,26,28,29). The molecular weight excluding hydrogens is 442 g/mol. The Morgan fingerprint density at radius 2 is 1.69 bits per heavy atom. The van der Waals surface area contributed by atoms with Gasteiger partial charge in [0.05, 0.1) is 49.2 Å². The van der Waals surface area contributed by atoms with Crippen LogP contribution in [0.25, 0.3) is 22.5 Å². The van der Waals surface area contributed by atoms with Crippen molar-refractivity contribution >= 4 is 5.95 Å². The number of nitrogen functional groups attached to an aromatic ring is 1. The number of morpholine rings is 1. The smallest absolute Gasteiger partial charge is 0.219 e. The van der Waals surface area contributed by atoms with Crippen molar-refractivity contribution < 1.29 is 4.74 Å². The van der Waals surface area contributed by atoms with Gasteiger partial charge in [0.1, 0.15) is 0 Å². The predicted octanol–water partition coefficient (Wildman–Crippen LogP) is 2.44. The fourth-order valence-corrected chi connectivity index (χ4v) is 4.91. The maximum atomic E-state index is 5.60. The van der Waals surface area contributed by atoms with E-state index in [4.69, 9.17) is 20.4 Å². The van der Waals surface area contributed by atoms with Crippen molar-refractivity contribution in [2.45, 2.75) is 31.3 Å². The lowest BCUT2D eigenvalue weighted by Gasteiger charge is -2.43. The molecule has 0 bridgehead atoms. The molecule has 10 nitrogen and oxygen atoms in total. The average Bonchev–Trinajstić information content (AvgIpc) is 3.54. The van der Waals surface area contributed by atoms with Gasteiger partial charge in [0.2, 0.25) is 5.95 Å². The van der Waals surface area contributed by atoms with Crippen LogP contribution in [-0.2, 0) is 16.8 Å². The van der Waals surface area contributed by atoms with Crippen LogP contribution >= 0.6 is 0 Å². The molecule has 1 aliphatic carbocycles. The molecule has 0 spiro atoms. The highest BCUT2D eigenvalue weighted by molar-refractivity contribution is 5.58. The minimum Gasteiger partial charge on any atom is -0.379 e. The van der Waals surface area contributed by atoms with E-state index >= 15 is 0 Å². The number of nitrogens with zero attached hydrogens (tertiary/aromatic N) is 8. The monoisotopic (exact) mass is 471 g/mol. The third kappa shape index (κ3) is 4.30. The molecule has 35 heavy (non-hydrogen) atoms. The van der Waals surface area contributed by atoms with Crippen molar-refractivity contribution in [2.75, 3.05) is 38.6 Å². The van der Waals surface area contributed by atoms with Crippen molar-refractivity contribution in [2.24, 2.45) is 0 Å². The van der Waals surface area contributed by atoms with Crippen LogP contribution in [0, 0.1) is 0 Å². The quantitative estimate of drug-likeness (QED) is 0.437. The second kappa shape index (κ2) is 9.20. The number of imidazole rings is 1. The van der Waals surface area contributed by atoms with Gasteiger partial charge in [0.25, 0.3) is 0 Å². The van der Waals surface area contributed by atoms with Gasteiger partial charge in [-0.25, -0.2) is 15.0 Å². The van der Waals surface area contributed by atoms with E-state index in [0.717, 1.165) is 74.7 Å². The van der Waals surface area contributed by atoms with Crippen LogP contribution < -0.4 is 5.73 Å². The summed E-state index contributed by atoms with van der Waals surface area (Å²) in [5.41, 5.74) is 10.3. The Balaban J connectivity index is 1.18. The molecule has 0 unspecified atom stereocenters. The lowest BCUT2D eigenvalue weighted by molar-refractivity contribution is 0.0360. The molecule has 4 aromatic rings. The molecule has 1 aliphatic heterocycles. The van der Waals surface area contributed by atoms with Gasteiger partial charge in [-0.3, -0.25) is 14.6 Å². The third-order valence-corrected chi connectivity index (χ3v) is 7.20. The summed E-state index contributed by atoms with van der Waals surface area (Å²) in [6.07, 6.45) is 16.8. The van der Waals surface area contributed by atoms with Crippen LogP contribution in [0.15, 0.2) is 55.6 Å². The van der Waals surface area contributed by atoms with Crippen LogP contribution in [0.3, 0.4) is 0 Å². The van der Waals surface area contributed by atoms with Crippen molar-refractivity contribution in [3.8, 4) is 22.5 Å². The number of anilines is 1. The minimum absolute atomic E-state index is 0.110. The molecule has 5 heterocycles. The summed E-state index contributed by atoms with van der Waals surface area (Å²) < 4.78 is 9.69. The lowest BCUT2D eigenvalue weighted by atomic mass is 9.72. The van der Waals surface area contributed by atoms with Crippen LogP contribution in [0.1, 0.15) is 24.8 Å². The summed E-state index contributed by atoms with van der Waals surface area (Å²) in [7, 11) is 0. The third-order valence-electron chi connectivity index (χ3n) is 7.20. The zero-order valence-corrected chi connectivity index (χ0v) is 19.6. The Bertz CT molecular complexity index is 1270. The molecule has 2 N–H and O–H groups in total. The van der Waals surface area contributed by atoms with Crippen molar-refractivity contribution in [1.29, 1.82) is 0 Å². The fourth-order valence-electron chi connectivity index (χ4n) is 4.91. The Kier molecular flexibility index (Phi) is 5.75. The molecule has 4 aromatic heterocycles. The number of nitrogens with two attached hydrogens (primary N) is 1. The normalized spacial score (nSPS) is 17.8. The summed E-state index contributed by atoms with van der Waals surface area (Å²) in [6, 6.07) is 4.18. The first-order chi connectivity index (χ1) is 17.2. The second-order valence-electron chi connectivity index (χ2n) is 9.26. The van der Waals surface area contributed by atoms with E-state index in [1.54, 1.807) is 12.4 Å². The zero-order chi connectivity index (χ0) is 23.7. The second-order valence-corrected chi connectivity index (χ2v) is 9.26. The number of pyridine rings is 1.